The summed E-state index contributed by atoms with van der Waals surface area (Å²) in [5.41, 5.74) is 0.0791. The summed E-state index contributed by atoms with van der Waals surface area (Å²) in [6.07, 6.45) is 3.17. The Bertz CT molecular complexity index is 368. The highest BCUT2D eigenvalue weighted by Crippen LogP contribution is 2.49. The van der Waals surface area contributed by atoms with Gasteiger partial charge in [-0.2, -0.15) is 0 Å². The molecule has 0 aromatic heterocycles. The Kier molecular flexibility index (Phi) is 2.04. The minimum atomic E-state index is -0.468. The third-order valence-electron chi connectivity index (χ3n) is 3.89. The Labute approximate surface area is 89.9 Å². The van der Waals surface area contributed by atoms with Gasteiger partial charge in [0.15, 0.2) is 0 Å². The Balaban J connectivity index is 2.52. The zero-order valence-corrected chi connectivity index (χ0v) is 9.52. The summed E-state index contributed by atoms with van der Waals surface area (Å²) in [5.74, 6) is 0.321. The molecule has 2 rings (SSSR count). The predicted octanol–water partition coefficient (Wildman–Crippen LogP) is 1.44. The Morgan fingerprint density at radius 1 is 1.27 bits per heavy atom. The monoisotopic (exact) mass is 207 g/mol. The highest BCUT2D eigenvalue weighted by Gasteiger charge is 2.51. The van der Waals surface area contributed by atoms with E-state index in [1.807, 2.05) is 26.8 Å². The molecule has 0 saturated heterocycles. The van der Waals surface area contributed by atoms with E-state index in [0.29, 0.717) is 19.4 Å². The number of nitrogens with one attached hydrogen (secondary N) is 1. The summed E-state index contributed by atoms with van der Waals surface area (Å²) >= 11 is 0. The van der Waals surface area contributed by atoms with E-state index in [9.17, 15) is 9.59 Å². The van der Waals surface area contributed by atoms with Crippen LogP contribution in [0.15, 0.2) is 11.6 Å². The number of fused-ring (bicyclic) bond motifs is 1. The molecule has 0 radical (unpaired) electrons. The van der Waals surface area contributed by atoms with Crippen LogP contribution in [0, 0.1) is 10.8 Å². The van der Waals surface area contributed by atoms with Crippen LogP contribution in [0.1, 0.15) is 33.6 Å². The Morgan fingerprint density at radius 3 is 2.60 bits per heavy atom. The Morgan fingerprint density at radius 2 is 1.93 bits per heavy atom. The molecule has 1 saturated carbocycles. The normalized spacial score (nSPS) is 34.2. The lowest BCUT2D eigenvalue weighted by Crippen LogP contribution is -2.52. The van der Waals surface area contributed by atoms with Crippen molar-refractivity contribution in [2.45, 2.75) is 33.6 Å². The molecule has 0 aromatic rings. The fourth-order valence-electron chi connectivity index (χ4n) is 2.81. The largest absolute Gasteiger partial charge is 0.352 e. The van der Waals surface area contributed by atoms with Crippen molar-refractivity contribution < 1.29 is 9.59 Å². The van der Waals surface area contributed by atoms with Crippen LogP contribution in [0.3, 0.4) is 0 Å². The van der Waals surface area contributed by atoms with Crippen molar-refractivity contribution in [3.8, 4) is 0 Å². The van der Waals surface area contributed by atoms with Crippen molar-refractivity contribution in [1.29, 1.82) is 0 Å². The lowest BCUT2D eigenvalue weighted by Gasteiger charge is -2.45. The van der Waals surface area contributed by atoms with Crippen molar-refractivity contribution in [1.82, 2.24) is 5.32 Å². The van der Waals surface area contributed by atoms with Crippen LogP contribution in [0.4, 0.5) is 0 Å². The van der Waals surface area contributed by atoms with Crippen molar-refractivity contribution in [3.05, 3.63) is 11.6 Å². The number of carbonyl (C=O) groups is 2. The summed E-state index contributed by atoms with van der Waals surface area (Å²) in [6, 6.07) is 0. The van der Waals surface area contributed by atoms with E-state index >= 15 is 0 Å². The van der Waals surface area contributed by atoms with Gasteiger partial charge in [-0.05, 0) is 32.8 Å². The van der Waals surface area contributed by atoms with Crippen LogP contribution >= 0.6 is 0 Å². The molecular weight excluding hydrogens is 190 g/mol. The van der Waals surface area contributed by atoms with Gasteiger partial charge in [0, 0.05) is 18.4 Å². The summed E-state index contributed by atoms with van der Waals surface area (Å²) < 4.78 is 0. The third kappa shape index (κ3) is 1.25. The molecular formula is C12H17NO2. The molecule has 1 fully saturated rings. The number of rotatable bonds is 0. The van der Waals surface area contributed by atoms with E-state index in [4.69, 9.17) is 0 Å². The number of carbonyl (C=O) groups excluding carboxylic acids is 2. The van der Waals surface area contributed by atoms with Gasteiger partial charge in [-0.3, -0.25) is 9.59 Å². The van der Waals surface area contributed by atoms with Gasteiger partial charge >= 0.3 is 0 Å². The molecule has 1 heterocycles. The second kappa shape index (κ2) is 2.94. The van der Waals surface area contributed by atoms with Gasteiger partial charge in [-0.1, -0.05) is 6.08 Å². The van der Waals surface area contributed by atoms with Gasteiger partial charge < -0.3 is 5.32 Å². The molecule has 1 amide bonds. The second-order valence-corrected chi connectivity index (χ2v) is 5.21. The number of amides is 1. The molecule has 1 aliphatic carbocycles. The van der Waals surface area contributed by atoms with Crippen molar-refractivity contribution in [2.75, 3.05) is 6.54 Å². The summed E-state index contributed by atoms with van der Waals surface area (Å²) in [7, 11) is 0. The van der Waals surface area contributed by atoms with Crippen LogP contribution in [-0.4, -0.2) is 18.2 Å². The molecule has 3 heteroatoms. The average molecular weight is 207 g/mol. The fourth-order valence-corrected chi connectivity index (χ4v) is 2.81. The molecule has 0 spiro atoms. The van der Waals surface area contributed by atoms with Crippen molar-refractivity contribution >= 4 is 11.7 Å². The van der Waals surface area contributed by atoms with Crippen molar-refractivity contribution in [3.63, 3.8) is 0 Å². The highest BCUT2D eigenvalue weighted by molar-refractivity contribution is 5.96. The van der Waals surface area contributed by atoms with E-state index in [1.165, 1.54) is 0 Å². The lowest BCUT2D eigenvalue weighted by atomic mass is 9.58. The molecule has 15 heavy (non-hydrogen) atoms. The lowest BCUT2D eigenvalue weighted by molar-refractivity contribution is -0.136. The van der Waals surface area contributed by atoms with E-state index < -0.39 is 10.8 Å². The highest BCUT2D eigenvalue weighted by atomic mass is 16.2. The first-order valence-corrected chi connectivity index (χ1v) is 5.42. The van der Waals surface area contributed by atoms with Crippen LogP contribution in [0.2, 0.25) is 0 Å². The Hall–Kier alpha value is -1.12. The maximum Gasteiger partial charge on any atom is 0.230 e. The number of Topliss-reactive ketones (excluding diaryl/α,β-unsaturated/α-hetero) is 1. The summed E-state index contributed by atoms with van der Waals surface area (Å²) in [5, 5.41) is 2.85. The molecule has 0 bridgehead atoms. The van der Waals surface area contributed by atoms with Gasteiger partial charge in [-0.25, -0.2) is 0 Å². The zero-order chi connectivity index (χ0) is 11.3. The smallest absolute Gasteiger partial charge is 0.230 e. The molecule has 1 N–H and O–H groups in total. The first kappa shape index (κ1) is 10.4. The molecule has 82 valence electrons. The van der Waals surface area contributed by atoms with Gasteiger partial charge in [0.25, 0.3) is 0 Å². The van der Waals surface area contributed by atoms with E-state index in [2.05, 4.69) is 5.32 Å². The zero-order valence-electron chi connectivity index (χ0n) is 9.52. The van der Waals surface area contributed by atoms with Gasteiger partial charge in [0.1, 0.15) is 5.78 Å². The quantitative estimate of drug-likeness (QED) is 0.611. The molecule has 1 atom stereocenters. The topological polar surface area (TPSA) is 46.2 Å². The van der Waals surface area contributed by atoms with Crippen molar-refractivity contribution in [2.24, 2.45) is 10.8 Å². The molecule has 2 aliphatic rings. The first-order valence-electron chi connectivity index (χ1n) is 5.42. The number of hydrogen-bond acceptors (Lipinski definition) is 2. The van der Waals surface area contributed by atoms with E-state index in [-0.39, 0.29) is 11.7 Å². The van der Waals surface area contributed by atoms with Gasteiger partial charge in [0.05, 0.1) is 5.41 Å². The number of hydrogen-bond donors (Lipinski definition) is 1. The fraction of sp³-hybridized carbons (Fsp3) is 0.667. The van der Waals surface area contributed by atoms with Gasteiger partial charge in [-0.15, -0.1) is 0 Å². The standard InChI is InChI=1S/C12H17NO2/c1-11(2)8-5-7-13-10(15)12(8,3)6-4-9(11)14/h5H,4,6-7H2,1-3H3,(H,13,15). The summed E-state index contributed by atoms with van der Waals surface area (Å²) in [6.45, 7) is 6.36. The first-order chi connectivity index (χ1) is 6.89. The minimum Gasteiger partial charge on any atom is -0.352 e. The molecule has 1 aliphatic heterocycles. The maximum atomic E-state index is 11.9. The van der Waals surface area contributed by atoms with Gasteiger partial charge in [0.2, 0.25) is 5.91 Å². The van der Waals surface area contributed by atoms with Crippen LogP contribution < -0.4 is 5.32 Å². The average Bonchev–Trinajstić information content (AvgIpc) is 2.16. The maximum absolute atomic E-state index is 11.9. The van der Waals surface area contributed by atoms with Crippen LogP contribution in [0.25, 0.3) is 0 Å². The molecule has 3 nitrogen and oxygen atoms in total. The number of ketones is 1. The van der Waals surface area contributed by atoms with Crippen LogP contribution in [-0.2, 0) is 9.59 Å². The van der Waals surface area contributed by atoms with E-state index in [1.54, 1.807) is 0 Å². The summed E-state index contributed by atoms with van der Waals surface area (Å²) in [4.78, 5) is 23.7. The minimum absolute atomic E-state index is 0.0700. The molecule has 0 aromatic carbocycles. The molecule has 1 unspecified atom stereocenters. The SMILES string of the molecule is CC1(C)C(=O)CCC2(C)C(=O)NCC=C12. The second-order valence-electron chi connectivity index (χ2n) is 5.21. The van der Waals surface area contributed by atoms with Crippen LogP contribution in [0.5, 0.6) is 0 Å². The predicted molar refractivity (Wildman–Crippen MR) is 57.2 cm³/mol. The van der Waals surface area contributed by atoms with E-state index in [0.717, 1.165) is 5.57 Å². The third-order valence-corrected chi connectivity index (χ3v) is 3.89.